The molecule has 0 radical (unpaired) electrons. The molecular formula is C13H21N3O2. The van der Waals surface area contributed by atoms with E-state index in [9.17, 15) is 5.11 Å². The minimum absolute atomic E-state index is 0.203. The van der Waals surface area contributed by atoms with Crippen LogP contribution in [0.25, 0.3) is 0 Å². The number of aromatic nitrogens is 2. The van der Waals surface area contributed by atoms with Gasteiger partial charge in [0.05, 0.1) is 12.7 Å². The first kappa shape index (κ1) is 13.2. The Morgan fingerprint density at radius 2 is 2.06 bits per heavy atom. The summed E-state index contributed by atoms with van der Waals surface area (Å²) in [6.45, 7) is 2.39. The quantitative estimate of drug-likeness (QED) is 0.722. The van der Waals surface area contributed by atoms with Crippen LogP contribution in [0.3, 0.4) is 0 Å². The van der Waals surface area contributed by atoms with Crippen LogP contribution in [0.2, 0.25) is 0 Å². The molecule has 5 heteroatoms. The Hall–Kier alpha value is -1.20. The van der Waals surface area contributed by atoms with Gasteiger partial charge in [-0.05, 0) is 44.6 Å². The summed E-state index contributed by atoms with van der Waals surface area (Å²) >= 11 is 0. The van der Waals surface area contributed by atoms with Crippen LogP contribution in [0.5, 0.6) is 0 Å². The average Bonchev–Trinajstić information content (AvgIpc) is 2.38. The predicted molar refractivity (Wildman–Crippen MR) is 69.6 cm³/mol. The molecule has 1 heterocycles. The smallest absolute Gasteiger partial charge is 0.223 e. The molecule has 2 rings (SSSR count). The second kappa shape index (κ2) is 6.11. The van der Waals surface area contributed by atoms with Crippen LogP contribution in [0.1, 0.15) is 36.2 Å². The SMILES string of the molecule is Cc1nc(NCCC(O)CO)nc2c1CCCC2. The fourth-order valence-corrected chi connectivity index (χ4v) is 2.30. The van der Waals surface area contributed by atoms with Crippen LogP contribution in [0, 0.1) is 6.92 Å². The molecule has 0 aliphatic heterocycles. The molecule has 5 nitrogen and oxygen atoms in total. The number of nitrogens with one attached hydrogen (secondary N) is 1. The van der Waals surface area contributed by atoms with Crippen molar-refractivity contribution in [3.63, 3.8) is 0 Å². The third-order valence-corrected chi connectivity index (χ3v) is 3.36. The average molecular weight is 251 g/mol. The van der Waals surface area contributed by atoms with E-state index in [4.69, 9.17) is 5.11 Å². The molecule has 0 bridgehead atoms. The fraction of sp³-hybridized carbons (Fsp3) is 0.692. The Morgan fingerprint density at radius 3 is 2.83 bits per heavy atom. The summed E-state index contributed by atoms with van der Waals surface area (Å²) in [5.74, 6) is 0.637. The molecule has 100 valence electrons. The van der Waals surface area contributed by atoms with Crippen molar-refractivity contribution < 1.29 is 10.2 Å². The van der Waals surface area contributed by atoms with Crippen molar-refractivity contribution in [1.82, 2.24) is 9.97 Å². The highest BCUT2D eigenvalue weighted by Crippen LogP contribution is 2.22. The van der Waals surface area contributed by atoms with Gasteiger partial charge in [-0.1, -0.05) is 0 Å². The van der Waals surface area contributed by atoms with E-state index in [2.05, 4.69) is 15.3 Å². The molecule has 3 N–H and O–H groups in total. The standard InChI is InChI=1S/C13H21N3O2/c1-9-11-4-2-3-5-12(11)16-13(15-9)14-7-6-10(18)8-17/h10,17-18H,2-8H2,1H3,(H,14,15,16). The Kier molecular flexibility index (Phi) is 4.49. The number of fused-ring (bicyclic) bond motifs is 1. The van der Waals surface area contributed by atoms with E-state index in [1.807, 2.05) is 6.92 Å². The number of aliphatic hydroxyl groups excluding tert-OH is 2. The van der Waals surface area contributed by atoms with Crippen molar-refractivity contribution in [2.24, 2.45) is 0 Å². The maximum absolute atomic E-state index is 9.25. The summed E-state index contributed by atoms with van der Waals surface area (Å²) in [7, 11) is 0. The van der Waals surface area contributed by atoms with Gasteiger partial charge in [0, 0.05) is 17.9 Å². The molecule has 1 unspecified atom stereocenters. The van der Waals surface area contributed by atoms with Crippen molar-refractivity contribution in [1.29, 1.82) is 0 Å². The molecule has 1 aromatic rings. The van der Waals surface area contributed by atoms with Gasteiger partial charge in [0.15, 0.2) is 0 Å². The summed E-state index contributed by atoms with van der Waals surface area (Å²) in [6.07, 6.45) is 4.38. The number of anilines is 1. The summed E-state index contributed by atoms with van der Waals surface area (Å²) in [6, 6.07) is 0. The number of aliphatic hydroxyl groups is 2. The van der Waals surface area contributed by atoms with Gasteiger partial charge in [0.2, 0.25) is 5.95 Å². The van der Waals surface area contributed by atoms with Gasteiger partial charge in [0.1, 0.15) is 0 Å². The maximum Gasteiger partial charge on any atom is 0.223 e. The third-order valence-electron chi connectivity index (χ3n) is 3.36. The number of aryl methyl sites for hydroxylation is 2. The first-order valence-corrected chi connectivity index (χ1v) is 6.60. The normalized spacial score (nSPS) is 16.2. The highest BCUT2D eigenvalue weighted by atomic mass is 16.3. The molecule has 1 aliphatic carbocycles. The Morgan fingerprint density at radius 1 is 1.28 bits per heavy atom. The van der Waals surface area contributed by atoms with Crippen LogP contribution < -0.4 is 5.32 Å². The van der Waals surface area contributed by atoms with Gasteiger partial charge in [-0.25, -0.2) is 9.97 Å². The van der Waals surface area contributed by atoms with Gasteiger partial charge in [-0.15, -0.1) is 0 Å². The van der Waals surface area contributed by atoms with Crippen molar-refractivity contribution >= 4 is 5.95 Å². The van der Waals surface area contributed by atoms with Gasteiger partial charge in [-0.3, -0.25) is 0 Å². The van der Waals surface area contributed by atoms with Crippen LogP contribution in [0.4, 0.5) is 5.95 Å². The number of hydrogen-bond donors (Lipinski definition) is 3. The summed E-state index contributed by atoms with van der Waals surface area (Å²) in [5, 5.41) is 21.1. The van der Waals surface area contributed by atoms with E-state index in [-0.39, 0.29) is 6.61 Å². The Labute approximate surface area is 107 Å². The van der Waals surface area contributed by atoms with E-state index < -0.39 is 6.10 Å². The van der Waals surface area contributed by atoms with Crippen LogP contribution in [-0.2, 0) is 12.8 Å². The highest BCUT2D eigenvalue weighted by Gasteiger charge is 2.15. The zero-order valence-electron chi connectivity index (χ0n) is 10.8. The van der Waals surface area contributed by atoms with Crippen molar-refractivity contribution in [3.8, 4) is 0 Å². The van der Waals surface area contributed by atoms with Crippen molar-refractivity contribution in [2.45, 2.75) is 45.1 Å². The molecule has 1 atom stereocenters. The van der Waals surface area contributed by atoms with Gasteiger partial charge < -0.3 is 15.5 Å². The minimum Gasteiger partial charge on any atom is -0.394 e. The third kappa shape index (κ3) is 3.17. The maximum atomic E-state index is 9.25. The monoisotopic (exact) mass is 251 g/mol. The van der Waals surface area contributed by atoms with Gasteiger partial charge in [0.25, 0.3) is 0 Å². The number of nitrogens with zero attached hydrogens (tertiary/aromatic N) is 2. The largest absolute Gasteiger partial charge is 0.394 e. The lowest BCUT2D eigenvalue weighted by Crippen LogP contribution is -2.19. The summed E-state index contributed by atoms with van der Waals surface area (Å²) in [5.41, 5.74) is 3.53. The van der Waals surface area contributed by atoms with E-state index >= 15 is 0 Å². The number of rotatable bonds is 5. The molecule has 0 amide bonds. The summed E-state index contributed by atoms with van der Waals surface area (Å²) < 4.78 is 0. The van der Waals surface area contributed by atoms with Gasteiger partial charge >= 0.3 is 0 Å². The second-order valence-electron chi connectivity index (χ2n) is 4.82. The van der Waals surface area contributed by atoms with E-state index in [1.54, 1.807) is 0 Å². The molecule has 0 aromatic carbocycles. The van der Waals surface area contributed by atoms with Gasteiger partial charge in [-0.2, -0.15) is 0 Å². The van der Waals surface area contributed by atoms with Crippen molar-refractivity contribution in [2.75, 3.05) is 18.5 Å². The topological polar surface area (TPSA) is 78.3 Å². The molecule has 0 spiro atoms. The van der Waals surface area contributed by atoms with Crippen molar-refractivity contribution in [3.05, 3.63) is 17.0 Å². The first-order chi connectivity index (χ1) is 8.70. The molecule has 0 saturated heterocycles. The van der Waals surface area contributed by atoms with Crippen LogP contribution in [-0.4, -0.2) is 39.4 Å². The molecule has 18 heavy (non-hydrogen) atoms. The van der Waals surface area contributed by atoms with E-state index in [0.29, 0.717) is 18.9 Å². The molecule has 0 fully saturated rings. The molecule has 1 aliphatic rings. The minimum atomic E-state index is -0.670. The van der Waals surface area contributed by atoms with E-state index in [1.165, 1.54) is 24.1 Å². The molecular weight excluding hydrogens is 230 g/mol. The Bertz CT molecular complexity index is 409. The van der Waals surface area contributed by atoms with E-state index in [0.717, 1.165) is 18.5 Å². The zero-order chi connectivity index (χ0) is 13.0. The Balaban J connectivity index is 1.99. The van der Waals surface area contributed by atoms with Crippen LogP contribution in [0.15, 0.2) is 0 Å². The van der Waals surface area contributed by atoms with Crippen LogP contribution >= 0.6 is 0 Å². The first-order valence-electron chi connectivity index (χ1n) is 6.60. The second-order valence-corrected chi connectivity index (χ2v) is 4.82. The lowest BCUT2D eigenvalue weighted by atomic mass is 9.95. The molecule has 1 aromatic heterocycles. The zero-order valence-corrected chi connectivity index (χ0v) is 10.8. The summed E-state index contributed by atoms with van der Waals surface area (Å²) in [4.78, 5) is 8.97. The highest BCUT2D eigenvalue weighted by molar-refractivity contribution is 5.35. The lowest BCUT2D eigenvalue weighted by Gasteiger charge is -2.18. The lowest BCUT2D eigenvalue weighted by molar-refractivity contribution is 0.0910. The predicted octanol–water partition coefficient (Wildman–Crippen LogP) is 0.819. The fourth-order valence-electron chi connectivity index (χ4n) is 2.30. The number of hydrogen-bond acceptors (Lipinski definition) is 5. The molecule has 0 saturated carbocycles.